The van der Waals surface area contributed by atoms with Crippen molar-refractivity contribution in [3.8, 4) is 5.75 Å². The molecule has 158 valence electrons. The molecule has 0 fully saturated rings. The van der Waals surface area contributed by atoms with Gasteiger partial charge < -0.3 is 13.9 Å². The number of ether oxygens (including phenoxy) is 2. The van der Waals surface area contributed by atoms with E-state index in [0.29, 0.717) is 25.4 Å². The molecule has 0 saturated heterocycles. The van der Waals surface area contributed by atoms with E-state index in [2.05, 4.69) is 33.9 Å². The summed E-state index contributed by atoms with van der Waals surface area (Å²) in [7, 11) is -1.79. The Morgan fingerprint density at radius 1 is 0.966 bits per heavy atom. The van der Waals surface area contributed by atoms with Crippen LogP contribution in [-0.2, 0) is 20.6 Å². The minimum atomic E-state index is -1.79. The van der Waals surface area contributed by atoms with E-state index in [0.717, 1.165) is 12.0 Å². The summed E-state index contributed by atoms with van der Waals surface area (Å²) >= 11 is 0. The molecule has 1 atom stereocenters. The highest BCUT2D eigenvalue weighted by atomic mass is 28.4. The summed E-state index contributed by atoms with van der Waals surface area (Å²) in [5.74, 6) is 0.169. The Balaban J connectivity index is 1.93. The second-order valence-electron chi connectivity index (χ2n) is 8.77. The van der Waals surface area contributed by atoms with Crippen LogP contribution < -0.4 is 4.74 Å². The summed E-state index contributed by atoms with van der Waals surface area (Å²) < 4.78 is 17.7. The van der Waals surface area contributed by atoms with Gasteiger partial charge in [-0.3, -0.25) is 0 Å². The zero-order chi connectivity index (χ0) is 21.3. The second-order valence-corrected chi connectivity index (χ2v) is 13.6. The van der Waals surface area contributed by atoms with Gasteiger partial charge in [0, 0.05) is 6.61 Å². The molecule has 0 heterocycles. The van der Waals surface area contributed by atoms with E-state index >= 15 is 0 Å². The van der Waals surface area contributed by atoms with Gasteiger partial charge in [-0.25, -0.2) is 4.79 Å². The fourth-order valence-corrected chi connectivity index (χ4v) is 3.61. The van der Waals surface area contributed by atoms with Gasteiger partial charge in [-0.05, 0) is 48.7 Å². The Bertz CT molecular complexity index is 738. The quantitative estimate of drug-likeness (QED) is 0.208. The molecule has 0 aliphatic heterocycles. The van der Waals surface area contributed by atoms with Crippen molar-refractivity contribution in [3.05, 3.63) is 66.2 Å². The monoisotopic (exact) mass is 414 g/mol. The van der Waals surface area contributed by atoms with Gasteiger partial charge in [-0.2, -0.15) is 0 Å². The third-order valence-electron chi connectivity index (χ3n) is 5.40. The van der Waals surface area contributed by atoms with Crippen LogP contribution in [0, 0.1) is 0 Å². The van der Waals surface area contributed by atoms with Gasteiger partial charge in [-0.1, -0.05) is 69.3 Å². The molecule has 0 radical (unpaired) electrons. The Morgan fingerprint density at radius 2 is 1.55 bits per heavy atom. The number of hydrogen-bond donors (Lipinski definition) is 0. The van der Waals surface area contributed by atoms with Crippen molar-refractivity contribution in [1.29, 1.82) is 0 Å². The molecular formula is C24H34O4Si. The van der Waals surface area contributed by atoms with Crippen LogP contribution in [0.2, 0.25) is 18.1 Å². The second kappa shape index (κ2) is 10.7. The van der Waals surface area contributed by atoms with Crippen LogP contribution in [0.5, 0.6) is 5.75 Å². The Hall–Kier alpha value is -1.95. The van der Waals surface area contributed by atoms with Crippen molar-refractivity contribution in [2.45, 2.75) is 64.5 Å². The smallest absolute Gasteiger partial charge is 0.340 e. The van der Waals surface area contributed by atoms with E-state index in [1.807, 2.05) is 48.5 Å². The van der Waals surface area contributed by atoms with Crippen molar-refractivity contribution in [3.63, 3.8) is 0 Å². The number of carbonyl (C=O) groups excluding carboxylic acids is 1. The Morgan fingerprint density at radius 3 is 2.14 bits per heavy atom. The molecule has 5 heteroatoms. The summed E-state index contributed by atoms with van der Waals surface area (Å²) in [6.45, 7) is 12.1. The molecule has 0 aliphatic carbocycles. The molecule has 4 nitrogen and oxygen atoms in total. The van der Waals surface area contributed by atoms with Gasteiger partial charge in [0.25, 0.3) is 0 Å². The molecule has 0 saturated carbocycles. The number of rotatable bonds is 10. The molecule has 0 unspecified atom stereocenters. The fourth-order valence-electron chi connectivity index (χ4n) is 2.52. The van der Waals surface area contributed by atoms with Gasteiger partial charge in [0.15, 0.2) is 14.4 Å². The molecule has 2 aromatic rings. The van der Waals surface area contributed by atoms with Crippen LogP contribution in [0.3, 0.4) is 0 Å². The molecular weight excluding hydrogens is 380 g/mol. The molecule has 0 amide bonds. The van der Waals surface area contributed by atoms with Crippen LogP contribution in [0.4, 0.5) is 0 Å². The minimum Gasteiger partial charge on any atom is -0.425 e. The fraction of sp³-hybridized carbons (Fsp3) is 0.458. The topological polar surface area (TPSA) is 44.8 Å². The van der Waals surface area contributed by atoms with E-state index in [9.17, 15) is 4.79 Å². The summed E-state index contributed by atoms with van der Waals surface area (Å²) in [4.78, 5) is 12.7. The van der Waals surface area contributed by atoms with Crippen molar-refractivity contribution >= 4 is 14.3 Å². The minimum absolute atomic E-state index is 0.169. The van der Waals surface area contributed by atoms with Crippen molar-refractivity contribution < 1.29 is 18.7 Å². The predicted molar refractivity (Wildman–Crippen MR) is 119 cm³/mol. The normalized spacial score (nSPS) is 13.1. The van der Waals surface area contributed by atoms with Crippen LogP contribution in [0.1, 0.15) is 39.2 Å². The first-order chi connectivity index (χ1) is 13.7. The first-order valence-electron chi connectivity index (χ1n) is 10.3. The Kier molecular flexibility index (Phi) is 8.62. The van der Waals surface area contributed by atoms with E-state index in [-0.39, 0.29) is 11.0 Å². The lowest BCUT2D eigenvalue weighted by Gasteiger charge is -2.36. The number of para-hydroxylation sites is 1. The molecule has 2 aromatic carbocycles. The maximum Gasteiger partial charge on any atom is 0.340 e. The largest absolute Gasteiger partial charge is 0.425 e. The van der Waals surface area contributed by atoms with E-state index in [1.165, 1.54) is 0 Å². The average Bonchev–Trinajstić information content (AvgIpc) is 2.68. The predicted octanol–water partition coefficient (Wildman–Crippen LogP) is 5.98. The summed E-state index contributed by atoms with van der Waals surface area (Å²) in [5, 5.41) is 0.169. The standard InChI is InChI=1S/C24H34O4Si/c1-24(2,3)29(4,5)27-18-12-17-22(26-19-20-13-8-6-9-14-20)23(25)28-21-15-10-7-11-16-21/h6-11,13-16,22H,12,17-19H2,1-5H3/t22-/m0/s1. The molecule has 29 heavy (non-hydrogen) atoms. The highest BCUT2D eigenvalue weighted by Crippen LogP contribution is 2.36. The van der Waals surface area contributed by atoms with Gasteiger partial charge in [0.1, 0.15) is 5.75 Å². The highest BCUT2D eigenvalue weighted by Gasteiger charge is 2.37. The summed E-state index contributed by atoms with van der Waals surface area (Å²) in [6.07, 6.45) is 0.682. The van der Waals surface area contributed by atoms with Gasteiger partial charge in [0.2, 0.25) is 0 Å². The van der Waals surface area contributed by atoms with Crippen LogP contribution >= 0.6 is 0 Å². The SMILES string of the molecule is CC(C)(C)[Si](C)(C)OCCC[C@H](OCc1ccccc1)C(=O)Oc1ccccc1. The molecule has 0 N–H and O–H groups in total. The van der Waals surface area contributed by atoms with Gasteiger partial charge in [0.05, 0.1) is 6.61 Å². The lowest BCUT2D eigenvalue weighted by molar-refractivity contribution is -0.149. The molecule has 0 aromatic heterocycles. The lowest BCUT2D eigenvalue weighted by Crippen LogP contribution is -2.41. The van der Waals surface area contributed by atoms with Crippen molar-refractivity contribution in [1.82, 2.24) is 0 Å². The van der Waals surface area contributed by atoms with E-state index in [4.69, 9.17) is 13.9 Å². The third kappa shape index (κ3) is 7.76. The number of carbonyl (C=O) groups is 1. The lowest BCUT2D eigenvalue weighted by atomic mass is 10.2. The average molecular weight is 415 g/mol. The molecule has 2 rings (SSSR count). The number of hydrogen-bond acceptors (Lipinski definition) is 4. The maximum absolute atomic E-state index is 12.7. The van der Waals surface area contributed by atoms with Crippen LogP contribution in [0.15, 0.2) is 60.7 Å². The maximum atomic E-state index is 12.7. The van der Waals surface area contributed by atoms with E-state index in [1.54, 1.807) is 12.1 Å². The van der Waals surface area contributed by atoms with Gasteiger partial charge >= 0.3 is 5.97 Å². The van der Waals surface area contributed by atoms with Crippen molar-refractivity contribution in [2.24, 2.45) is 0 Å². The van der Waals surface area contributed by atoms with Crippen LogP contribution in [-0.4, -0.2) is 27.0 Å². The summed E-state index contributed by atoms with van der Waals surface area (Å²) in [6, 6.07) is 19.0. The number of benzene rings is 2. The summed E-state index contributed by atoms with van der Waals surface area (Å²) in [5.41, 5.74) is 1.03. The highest BCUT2D eigenvalue weighted by molar-refractivity contribution is 6.74. The third-order valence-corrected chi connectivity index (χ3v) is 9.94. The first-order valence-corrected chi connectivity index (χ1v) is 13.2. The number of esters is 1. The Labute approximate surface area is 176 Å². The van der Waals surface area contributed by atoms with E-state index < -0.39 is 14.4 Å². The van der Waals surface area contributed by atoms with Crippen molar-refractivity contribution in [2.75, 3.05) is 6.61 Å². The van der Waals surface area contributed by atoms with Gasteiger partial charge in [-0.15, -0.1) is 0 Å². The molecule has 0 bridgehead atoms. The first kappa shape index (κ1) is 23.3. The zero-order valence-corrected chi connectivity index (χ0v) is 19.3. The van der Waals surface area contributed by atoms with Crippen LogP contribution in [0.25, 0.3) is 0 Å². The zero-order valence-electron chi connectivity index (χ0n) is 18.3. The molecule has 0 aliphatic rings. The molecule has 0 spiro atoms.